The van der Waals surface area contributed by atoms with E-state index in [9.17, 15) is 9.59 Å². The summed E-state index contributed by atoms with van der Waals surface area (Å²) in [4.78, 5) is 20.8. The Morgan fingerprint density at radius 1 is 1.45 bits per heavy atom. The predicted octanol–water partition coefficient (Wildman–Crippen LogP) is 1.49. The number of esters is 1. The van der Waals surface area contributed by atoms with Gasteiger partial charge < -0.3 is 4.74 Å². The first kappa shape index (κ1) is 10.4. The molecule has 0 radical (unpaired) electrons. The molecule has 0 aliphatic rings. The fraction of sp³-hybridized carbons (Fsp3) is 0.714. The Hall–Kier alpha value is -0.570. The Morgan fingerprint density at radius 2 is 2.09 bits per heavy atom. The summed E-state index contributed by atoms with van der Waals surface area (Å²) in [6.07, 6.45) is 1.45. The second-order valence-electron chi connectivity index (χ2n) is 2.11. The molecule has 11 heavy (non-hydrogen) atoms. The van der Waals surface area contributed by atoms with Gasteiger partial charge in [-0.15, -0.1) is 0 Å². The Morgan fingerprint density at radius 3 is 2.55 bits per heavy atom. The molecule has 64 valence electrons. The van der Waals surface area contributed by atoms with Crippen molar-refractivity contribution < 1.29 is 14.3 Å². The molecule has 0 heterocycles. The summed E-state index contributed by atoms with van der Waals surface area (Å²) in [7, 11) is 0. The fourth-order valence-corrected chi connectivity index (χ4v) is 0.604. The average Bonchev–Trinajstić information content (AvgIpc) is 1.86. The maximum Gasteiger partial charge on any atom is 0.314 e. The van der Waals surface area contributed by atoms with Crippen LogP contribution in [0.15, 0.2) is 0 Å². The first-order valence-corrected chi connectivity index (χ1v) is 3.88. The van der Waals surface area contributed by atoms with Crippen molar-refractivity contribution in [2.24, 2.45) is 0 Å². The van der Waals surface area contributed by atoms with E-state index in [0.29, 0.717) is 6.61 Å². The SMILES string of the molecule is CCCCOC(=O)CC(=O)Cl. The van der Waals surface area contributed by atoms with Crippen LogP contribution in [0.4, 0.5) is 0 Å². The van der Waals surface area contributed by atoms with Gasteiger partial charge in [0.05, 0.1) is 6.61 Å². The average molecular weight is 179 g/mol. The van der Waals surface area contributed by atoms with Gasteiger partial charge in [-0.1, -0.05) is 13.3 Å². The molecular formula is C7H11ClO3. The van der Waals surface area contributed by atoms with E-state index >= 15 is 0 Å². The molecule has 0 aliphatic carbocycles. The molecule has 3 nitrogen and oxygen atoms in total. The molecule has 0 fully saturated rings. The van der Waals surface area contributed by atoms with Gasteiger partial charge in [0.15, 0.2) is 0 Å². The van der Waals surface area contributed by atoms with Gasteiger partial charge in [0.25, 0.3) is 0 Å². The normalized spacial score (nSPS) is 9.27. The highest BCUT2D eigenvalue weighted by Crippen LogP contribution is 1.94. The van der Waals surface area contributed by atoms with Crippen molar-refractivity contribution in [1.82, 2.24) is 0 Å². The summed E-state index contributed by atoms with van der Waals surface area (Å²) in [6.45, 7) is 2.36. The third-order valence-electron chi connectivity index (χ3n) is 1.04. The molecule has 0 unspecified atom stereocenters. The molecule has 0 aromatic heterocycles. The van der Waals surface area contributed by atoms with E-state index in [-0.39, 0.29) is 6.42 Å². The van der Waals surface area contributed by atoms with Crippen LogP contribution in [0.1, 0.15) is 26.2 Å². The van der Waals surface area contributed by atoms with Crippen molar-refractivity contribution in [2.45, 2.75) is 26.2 Å². The van der Waals surface area contributed by atoms with Crippen molar-refractivity contribution in [2.75, 3.05) is 6.61 Å². The van der Waals surface area contributed by atoms with Crippen molar-refractivity contribution >= 4 is 22.8 Å². The zero-order valence-corrected chi connectivity index (χ0v) is 7.19. The van der Waals surface area contributed by atoms with Crippen LogP contribution in [0.2, 0.25) is 0 Å². The van der Waals surface area contributed by atoms with Crippen LogP contribution in [0.25, 0.3) is 0 Å². The predicted molar refractivity (Wildman–Crippen MR) is 41.3 cm³/mol. The highest BCUT2D eigenvalue weighted by Gasteiger charge is 2.06. The number of unbranched alkanes of at least 4 members (excludes halogenated alkanes) is 1. The van der Waals surface area contributed by atoms with Crippen molar-refractivity contribution in [3.05, 3.63) is 0 Å². The molecule has 0 bridgehead atoms. The van der Waals surface area contributed by atoms with E-state index in [1.54, 1.807) is 0 Å². The van der Waals surface area contributed by atoms with Gasteiger partial charge in [-0.25, -0.2) is 0 Å². The lowest BCUT2D eigenvalue weighted by atomic mass is 10.4. The monoisotopic (exact) mass is 178 g/mol. The standard InChI is InChI=1S/C7H11ClO3/c1-2-3-4-11-7(10)5-6(8)9/h2-5H2,1H3. The van der Waals surface area contributed by atoms with E-state index < -0.39 is 11.2 Å². The Labute approximate surface area is 70.7 Å². The summed E-state index contributed by atoms with van der Waals surface area (Å²) in [5.41, 5.74) is 0. The maximum absolute atomic E-state index is 10.6. The van der Waals surface area contributed by atoms with Crippen LogP contribution >= 0.6 is 11.6 Å². The third kappa shape index (κ3) is 7.33. The molecule has 0 aliphatic heterocycles. The van der Waals surface area contributed by atoms with E-state index in [1.165, 1.54) is 0 Å². The van der Waals surface area contributed by atoms with Gasteiger partial charge in [0.2, 0.25) is 5.24 Å². The molecule has 0 saturated heterocycles. The van der Waals surface area contributed by atoms with Crippen LogP contribution < -0.4 is 0 Å². The minimum absolute atomic E-state index is 0.328. The second kappa shape index (κ2) is 6.16. The highest BCUT2D eigenvalue weighted by atomic mass is 35.5. The summed E-state index contributed by atoms with van der Waals surface area (Å²) in [5.74, 6) is -0.543. The number of ether oxygens (including phenoxy) is 1. The molecule has 0 atom stereocenters. The molecule has 0 N–H and O–H groups in total. The topological polar surface area (TPSA) is 43.4 Å². The Bertz CT molecular complexity index is 145. The first-order valence-electron chi connectivity index (χ1n) is 3.50. The van der Waals surface area contributed by atoms with Crippen molar-refractivity contribution in [3.63, 3.8) is 0 Å². The van der Waals surface area contributed by atoms with Gasteiger partial charge in [-0.05, 0) is 18.0 Å². The van der Waals surface area contributed by atoms with Gasteiger partial charge >= 0.3 is 5.97 Å². The highest BCUT2D eigenvalue weighted by molar-refractivity contribution is 6.64. The summed E-state index contributed by atoms with van der Waals surface area (Å²) in [6, 6.07) is 0. The van der Waals surface area contributed by atoms with Crippen LogP contribution in [-0.4, -0.2) is 17.8 Å². The second-order valence-corrected chi connectivity index (χ2v) is 2.53. The molecular weight excluding hydrogens is 168 g/mol. The van der Waals surface area contributed by atoms with E-state index in [1.807, 2.05) is 6.92 Å². The Kier molecular flexibility index (Phi) is 5.84. The zero-order chi connectivity index (χ0) is 8.69. The van der Waals surface area contributed by atoms with Gasteiger partial charge in [-0.2, -0.15) is 0 Å². The van der Waals surface area contributed by atoms with Crippen LogP contribution in [0.5, 0.6) is 0 Å². The van der Waals surface area contributed by atoms with E-state index in [4.69, 9.17) is 11.6 Å². The minimum atomic E-state index is -0.675. The van der Waals surface area contributed by atoms with Crippen LogP contribution in [-0.2, 0) is 14.3 Å². The van der Waals surface area contributed by atoms with Crippen LogP contribution in [0.3, 0.4) is 0 Å². The lowest BCUT2D eigenvalue weighted by Gasteiger charge is -1.99. The number of carbonyl (C=O) groups is 2. The van der Waals surface area contributed by atoms with Crippen molar-refractivity contribution in [1.29, 1.82) is 0 Å². The maximum atomic E-state index is 10.6. The van der Waals surface area contributed by atoms with E-state index in [2.05, 4.69) is 4.74 Å². The smallest absolute Gasteiger partial charge is 0.314 e. The lowest BCUT2D eigenvalue weighted by molar-refractivity contribution is -0.145. The largest absolute Gasteiger partial charge is 0.465 e. The minimum Gasteiger partial charge on any atom is -0.465 e. The quantitative estimate of drug-likeness (QED) is 0.277. The number of rotatable bonds is 5. The summed E-state index contributed by atoms with van der Waals surface area (Å²) in [5, 5.41) is -0.675. The van der Waals surface area contributed by atoms with Crippen molar-refractivity contribution in [3.8, 4) is 0 Å². The van der Waals surface area contributed by atoms with Gasteiger partial charge in [-0.3, -0.25) is 9.59 Å². The van der Waals surface area contributed by atoms with E-state index in [0.717, 1.165) is 12.8 Å². The Balaban J connectivity index is 3.30. The lowest BCUT2D eigenvalue weighted by Crippen LogP contribution is -2.08. The molecule has 0 aromatic rings. The van der Waals surface area contributed by atoms with Gasteiger partial charge in [0.1, 0.15) is 6.42 Å². The third-order valence-corrected chi connectivity index (χ3v) is 1.18. The number of halogens is 1. The van der Waals surface area contributed by atoms with Gasteiger partial charge in [0, 0.05) is 0 Å². The molecule has 0 amide bonds. The molecule has 0 spiro atoms. The fourth-order valence-electron chi connectivity index (χ4n) is 0.495. The zero-order valence-electron chi connectivity index (χ0n) is 6.43. The first-order chi connectivity index (χ1) is 5.16. The summed E-state index contributed by atoms with van der Waals surface area (Å²) >= 11 is 4.95. The molecule has 0 rings (SSSR count). The number of hydrogen-bond donors (Lipinski definition) is 0. The summed E-state index contributed by atoms with van der Waals surface area (Å²) < 4.78 is 4.65. The molecule has 0 aromatic carbocycles. The van der Waals surface area contributed by atoms with Crippen LogP contribution in [0, 0.1) is 0 Å². The number of carbonyl (C=O) groups excluding carboxylic acids is 2. The molecule has 4 heteroatoms. The number of hydrogen-bond acceptors (Lipinski definition) is 3. The molecule has 0 saturated carbocycles.